The van der Waals surface area contributed by atoms with Crippen LogP contribution in [0.15, 0.2) is 35.2 Å². The minimum atomic E-state index is -3.34. The van der Waals surface area contributed by atoms with E-state index in [-0.39, 0.29) is 5.41 Å². The van der Waals surface area contributed by atoms with Crippen molar-refractivity contribution in [2.24, 2.45) is 5.41 Å². The van der Waals surface area contributed by atoms with Crippen LogP contribution in [0.3, 0.4) is 0 Å². The van der Waals surface area contributed by atoms with Crippen LogP contribution in [-0.2, 0) is 10.0 Å². The summed E-state index contributed by atoms with van der Waals surface area (Å²) in [4.78, 5) is 0.349. The number of hydrogen-bond acceptors (Lipinski definition) is 2. The minimum Gasteiger partial charge on any atom is -0.211 e. The first-order valence-electron chi connectivity index (χ1n) is 6.07. The molecule has 1 fully saturated rings. The van der Waals surface area contributed by atoms with Gasteiger partial charge < -0.3 is 0 Å². The summed E-state index contributed by atoms with van der Waals surface area (Å²) < 4.78 is 26.8. The summed E-state index contributed by atoms with van der Waals surface area (Å²) in [5.41, 5.74) is 0.141. The second-order valence-electron chi connectivity index (χ2n) is 5.16. The highest BCUT2D eigenvalue weighted by Crippen LogP contribution is 2.36. The van der Waals surface area contributed by atoms with Crippen LogP contribution in [-0.4, -0.2) is 15.0 Å². The van der Waals surface area contributed by atoms with Crippen LogP contribution < -0.4 is 4.72 Å². The fraction of sp³-hybridized carbons (Fsp3) is 0.538. The van der Waals surface area contributed by atoms with Crippen LogP contribution in [0.1, 0.15) is 32.6 Å². The zero-order valence-corrected chi connectivity index (χ0v) is 11.0. The predicted octanol–water partition coefficient (Wildman–Crippen LogP) is 2.55. The third-order valence-electron chi connectivity index (χ3n) is 3.55. The number of sulfonamides is 1. The summed E-state index contributed by atoms with van der Waals surface area (Å²) in [5, 5.41) is 0. The first kappa shape index (κ1) is 12.6. The van der Waals surface area contributed by atoms with Gasteiger partial charge in [-0.3, -0.25) is 0 Å². The lowest BCUT2D eigenvalue weighted by Gasteiger charge is -2.23. The quantitative estimate of drug-likeness (QED) is 0.896. The van der Waals surface area contributed by atoms with Crippen LogP contribution in [0, 0.1) is 5.41 Å². The predicted molar refractivity (Wildman–Crippen MR) is 68.2 cm³/mol. The highest BCUT2D eigenvalue weighted by Gasteiger charge is 2.30. The normalized spacial score (nSPS) is 19.4. The number of nitrogens with one attached hydrogen (secondary N) is 1. The lowest BCUT2D eigenvalue weighted by molar-refractivity contribution is 0.336. The van der Waals surface area contributed by atoms with E-state index in [9.17, 15) is 8.42 Å². The van der Waals surface area contributed by atoms with Crippen LogP contribution in [0.2, 0.25) is 0 Å². The number of hydrogen-bond donors (Lipinski definition) is 1. The SMILES string of the molecule is CC1(CNS(=O)(=O)c2ccccc2)CCCC1. The molecule has 0 aromatic heterocycles. The summed E-state index contributed by atoms with van der Waals surface area (Å²) in [6, 6.07) is 8.55. The molecule has 0 unspecified atom stereocenters. The molecule has 4 heteroatoms. The fourth-order valence-electron chi connectivity index (χ4n) is 2.36. The Hall–Kier alpha value is -0.870. The molecule has 94 valence electrons. The average molecular weight is 253 g/mol. The van der Waals surface area contributed by atoms with Gasteiger partial charge in [-0.05, 0) is 30.4 Å². The average Bonchev–Trinajstić information content (AvgIpc) is 2.76. The van der Waals surface area contributed by atoms with Gasteiger partial charge in [0.15, 0.2) is 0 Å². The third-order valence-corrected chi connectivity index (χ3v) is 4.97. The molecular weight excluding hydrogens is 234 g/mol. The Labute approximate surface area is 103 Å². The van der Waals surface area contributed by atoms with E-state index in [0.717, 1.165) is 12.8 Å². The first-order valence-corrected chi connectivity index (χ1v) is 7.55. The molecule has 1 aromatic carbocycles. The van der Waals surface area contributed by atoms with Crippen molar-refractivity contribution in [1.29, 1.82) is 0 Å². The van der Waals surface area contributed by atoms with Crippen molar-refractivity contribution in [1.82, 2.24) is 4.72 Å². The minimum absolute atomic E-state index is 0.141. The maximum absolute atomic E-state index is 12.0. The number of benzene rings is 1. The van der Waals surface area contributed by atoms with E-state index in [1.807, 2.05) is 6.07 Å². The van der Waals surface area contributed by atoms with Gasteiger partial charge in [0, 0.05) is 6.54 Å². The molecule has 1 N–H and O–H groups in total. The van der Waals surface area contributed by atoms with Crippen molar-refractivity contribution in [2.75, 3.05) is 6.54 Å². The molecule has 0 spiro atoms. The number of rotatable bonds is 4. The summed E-state index contributed by atoms with van der Waals surface area (Å²) in [6.45, 7) is 2.71. The van der Waals surface area contributed by atoms with Crippen LogP contribution in [0.4, 0.5) is 0 Å². The Balaban J connectivity index is 2.04. The van der Waals surface area contributed by atoms with Crippen molar-refractivity contribution in [2.45, 2.75) is 37.5 Å². The first-order chi connectivity index (χ1) is 8.02. The Bertz CT molecular complexity index is 461. The summed E-state index contributed by atoms with van der Waals surface area (Å²) in [5.74, 6) is 0. The molecule has 0 bridgehead atoms. The molecule has 0 radical (unpaired) electrons. The van der Waals surface area contributed by atoms with Gasteiger partial charge in [-0.15, -0.1) is 0 Å². The molecule has 1 aromatic rings. The van der Waals surface area contributed by atoms with E-state index in [1.54, 1.807) is 24.3 Å². The van der Waals surface area contributed by atoms with Crippen molar-refractivity contribution in [3.8, 4) is 0 Å². The smallest absolute Gasteiger partial charge is 0.211 e. The van der Waals surface area contributed by atoms with Crippen LogP contribution >= 0.6 is 0 Å². The molecule has 2 rings (SSSR count). The van der Waals surface area contributed by atoms with Crippen molar-refractivity contribution in [3.05, 3.63) is 30.3 Å². The van der Waals surface area contributed by atoms with Crippen molar-refractivity contribution < 1.29 is 8.42 Å². The lowest BCUT2D eigenvalue weighted by atomic mass is 9.89. The maximum atomic E-state index is 12.0. The van der Waals surface area contributed by atoms with Gasteiger partial charge in [-0.1, -0.05) is 38.0 Å². The summed E-state index contributed by atoms with van der Waals surface area (Å²) in [7, 11) is -3.34. The molecule has 0 saturated heterocycles. The summed E-state index contributed by atoms with van der Waals surface area (Å²) >= 11 is 0. The van der Waals surface area contributed by atoms with Crippen molar-refractivity contribution >= 4 is 10.0 Å². The molecule has 1 aliphatic carbocycles. The van der Waals surface area contributed by atoms with Crippen LogP contribution in [0.25, 0.3) is 0 Å². The zero-order valence-electron chi connectivity index (χ0n) is 10.1. The van der Waals surface area contributed by atoms with Gasteiger partial charge in [0.05, 0.1) is 4.90 Å². The second kappa shape index (κ2) is 4.78. The zero-order chi connectivity index (χ0) is 12.4. The summed E-state index contributed by atoms with van der Waals surface area (Å²) in [6.07, 6.45) is 4.65. The van der Waals surface area contributed by atoms with E-state index in [2.05, 4.69) is 11.6 Å². The second-order valence-corrected chi connectivity index (χ2v) is 6.92. The molecule has 0 aliphatic heterocycles. The molecule has 3 nitrogen and oxygen atoms in total. The highest BCUT2D eigenvalue weighted by molar-refractivity contribution is 7.89. The fourth-order valence-corrected chi connectivity index (χ4v) is 3.58. The molecule has 0 heterocycles. The van der Waals surface area contributed by atoms with Gasteiger partial charge in [-0.2, -0.15) is 0 Å². The standard InChI is InChI=1S/C13H19NO2S/c1-13(9-5-6-10-13)11-14-17(15,16)12-7-3-2-4-8-12/h2-4,7-8,14H,5-6,9-11H2,1H3. The van der Waals surface area contributed by atoms with Gasteiger partial charge in [0.25, 0.3) is 0 Å². The third kappa shape index (κ3) is 3.07. The molecule has 17 heavy (non-hydrogen) atoms. The monoisotopic (exact) mass is 253 g/mol. The van der Waals surface area contributed by atoms with Crippen LogP contribution in [0.5, 0.6) is 0 Å². The van der Waals surface area contributed by atoms with E-state index >= 15 is 0 Å². The van der Waals surface area contributed by atoms with Crippen molar-refractivity contribution in [3.63, 3.8) is 0 Å². The Morgan fingerprint density at radius 1 is 1.18 bits per heavy atom. The van der Waals surface area contributed by atoms with Gasteiger partial charge in [0.1, 0.15) is 0 Å². The largest absolute Gasteiger partial charge is 0.240 e. The molecular formula is C13H19NO2S. The van der Waals surface area contributed by atoms with E-state index in [4.69, 9.17) is 0 Å². The Kier molecular flexibility index (Phi) is 3.54. The van der Waals surface area contributed by atoms with E-state index in [0.29, 0.717) is 11.4 Å². The van der Waals surface area contributed by atoms with E-state index < -0.39 is 10.0 Å². The molecule has 0 amide bonds. The Morgan fingerprint density at radius 2 is 1.76 bits per heavy atom. The molecule has 1 saturated carbocycles. The molecule has 0 atom stereocenters. The van der Waals surface area contributed by atoms with Gasteiger partial charge in [-0.25, -0.2) is 13.1 Å². The molecule has 1 aliphatic rings. The lowest BCUT2D eigenvalue weighted by Crippen LogP contribution is -2.34. The Morgan fingerprint density at radius 3 is 2.35 bits per heavy atom. The maximum Gasteiger partial charge on any atom is 0.240 e. The van der Waals surface area contributed by atoms with E-state index in [1.165, 1.54) is 12.8 Å². The topological polar surface area (TPSA) is 46.2 Å². The highest BCUT2D eigenvalue weighted by atomic mass is 32.2. The van der Waals surface area contributed by atoms with Gasteiger partial charge >= 0.3 is 0 Å². The van der Waals surface area contributed by atoms with Gasteiger partial charge in [0.2, 0.25) is 10.0 Å².